The molecule has 0 fully saturated rings. The number of aryl methyl sites for hydroxylation is 1. The number of hydrogen-bond donors (Lipinski definition) is 1. The molecule has 0 atom stereocenters. The Balaban J connectivity index is 2.13. The average Bonchev–Trinajstić information content (AvgIpc) is 2.62. The number of ether oxygens (including phenoxy) is 1. The third kappa shape index (κ3) is 3.20. The number of carbonyl (C=O) groups is 1. The highest BCUT2D eigenvalue weighted by Gasteiger charge is 2.13. The molecule has 0 spiro atoms. The maximum atomic E-state index is 13.1. The Kier molecular flexibility index (Phi) is 4.42. The maximum Gasteiger partial charge on any atom is 0.356 e. The second-order valence-corrected chi connectivity index (χ2v) is 5.38. The zero-order valence-electron chi connectivity index (χ0n) is 13.5. The van der Waals surface area contributed by atoms with Crippen LogP contribution in [0.1, 0.15) is 23.0 Å². The summed E-state index contributed by atoms with van der Waals surface area (Å²) < 4.78 is 17.9. The van der Waals surface area contributed by atoms with Crippen molar-refractivity contribution >= 4 is 28.2 Å². The molecule has 0 unspecified atom stereocenters. The van der Waals surface area contributed by atoms with Gasteiger partial charge >= 0.3 is 5.97 Å². The number of nitrogens with zero attached hydrogens (tertiary/aromatic N) is 1. The molecule has 3 aromatic rings. The summed E-state index contributed by atoms with van der Waals surface area (Å²) >= 11 is 0. The first-order valence-corrected chi connectivity index (χ1v) is 7.65. The molecule has 1 aromatic heterocycles. The van der Waals surface area contributed by atoms with Crippen LogP contribution < -0.4 is 5.32 Å². The first-order chi connectivity index (χ1) is 11.6. The van der Waals surface area contributed by atoms with Gasteiger partial charge in [-0.2, -0.15) is 0 Å². The van der Waals surface area contributed by atoms with Crippen LogP contribution in [-0.2, 0) is 11.2 Å². The van der Waals surface area contributed by atoms with Crippen LogP contribution >= 0.6 is 0 Å². The monoisotopic (exact) mass is 324 g/mol. The summed E-state index contributed by atoms with van der Waals surface area (Å²) in [4.78, 5) is 16.2. The highest BCUT2D eigenvalue weighted by atomic mass is 19.1. The minimum absolute atomic E-state index is 0.221. The molecule has 0 aliphatic rings. The molecule has 0 aliphatic heterocycles. The van der Waals surface area contributed by atoms with E-state index in [4.69, 9.17) is 4.74 Å². The molecule has 0 amide bonds. The molecule has 4 nitrogen and oxygen atoms in total. The van der Waals surface area contributed by atoms with Gasteiger partial charge in [0.1, 0.15) is 5.82 Å². The van der Waals surface area contributed by atoms with Gasteiger partial charge in [-0.1, -0.05) is 13.0 Å². The zero-order valence-corrected chi connectivity index (χ0v) is 13.5. The lowest BCUT2D eigenvalue weighted by atomic mass is 10.1. The fraction of sp³-hybridized carbons (Fsp3) is 0.158. The van der Waals surface area contributed by atoms with E-state index >= 15 is 0 Å². The molecule has 3 rings (SSSR count). The van der Waals surface area contributed by atoms with Crippen molar-refractivity contribution < 1.29 is 13.9 Å². The summed E-state index contributed by atoms with van der Waals surface area (Å²) in [5.74, 6) is -0.803. The van der Waals surface area contributed by atoms with E-state index in [2.05, 4.69) is 17.2 Å². The number of rotatable bonds is 4. The lowest BCUT2D eigenvalue weighted by Crippen LogP contribution is -2.06. The number of nitrogens with one attached hydrogen (secondary N) is 1. The average molecular weight is 324 g/mol. The van der Waals surface area contributed by atoms with Crippen LogP contribution in [0.4, 0.5) is 15.8 Å². The normalized spacial score (nSPS) is 10.6. The minimum atomic E-state index is -0.501. The van der Waals surface area contributed by atoms with Crippen molar-refractivity contribution in [2.24, 2.45) is 0 Å². The van der Waals surface area contributed by atoms with Crippen molar-refractivity contribution in [1.29, 1.82) is 0 Å². The Bertz CT molecular complexity index is 892. The number of benzene rings is 2. The summed E-state index contributed by atoms with van der Waals surface area (Å²) in [5, 5.41) is 4.13. The Labute approximate surface area is 139 Å². The van der Waals surface area contributed by atoms with E-state index in [9.17, 15) is 9.18 Å². The van der Waals surface area contributed by atoms with E-state index in [1.807, 2.05) is 18.2 Å². The van der Waals surface area contributed by atoms with Crippen molar-refractivity contribution in [2.45, 2.75) is 13.3 Å². The van der Waals surface area contributed by atoms with Gasteiger partial charge in [-0.05, 0) is 54.4 Å². The van der Waals surface area contributed by atoms with E-state index in [0.717, 1.165) is 28.7 Å². The molecule has 0 saturated carbocycles. The van der Waals surface area contributed by atoms with Crippen molar-refractivity contribution in [1.82, 2.24) is 4.98 Å². The molecular formula is C19H17FN2O2. The maximum absolute atomic E-state index is 13.1. The van der Waals surface area contributed by atoms with E-state index < -0.39 is 5.97 Å². The van der Waals surface area contributed by atoms with Crippen LogP contribution in [0, 0.1) is 5.82 Å². The summed E-state index contributed by atoms with van der Waals surface area (Å²) in [7, 11) is 1.32. The molecular weight excluding hydrogens is 307 g/mol. The van der Waals surface area contributed by atoms with Crippen LogP contribution in [0.3, 0.4) is 0 Å². The molecule has 24 heavy (non-hydrogen) atoms. The van der Waals surface area contributed by atoms with Gasteiger partial charge in [-0.15, -0.1) is 0 Å². The molecule has 1 heterocycles. The van der Waals surface area contributed by atoms with Gasteiger partial charge in [0, 0.05) is 11.1 Å². The third-order valence-corrected chi connectivity index (χ3v) is 3.80. The quantitative estimate of drug-likeness (QED) is 0.720. The number of methoxy groups -OCH3 is 1. The standard InChI is InChI=1S/C19H17FN2O2/c1-3-12-4-9-16-15(10-12)17(11-18(22-16)19(23)24-2)21-14-7-5-13(20)6-8-14/h4-11H,3H2,1-2H3,(H,21,22). The summed E-state index contributed by atoms with van der Waals surface area (Å²) in [6, 6.07) is 13.6. The highest BCUT2D eigenvalue weighted by molar-refractivity contribution is 5.99. The molecule has 2 aromatic carbocycles. The van der Waals surface area contributed by atoms with Crippen molar-refractivity contribution in [3.63, 3.8) is 0 Å². The molecule has 122 valence electrons. The van der Waals surface area contributed by atoms with E-state index in [-0.39, 0.29) is 11.5 Å². The molecule has 0 radical (unpaired) electrons. The van der Waals surface area contributed by atoms with E-state index in [0.29, 0.717) is 5.52 Å². The highest BCUT2D eigenvalue weighted by Crippen LogP contribution is 2.28. The summed E-state index contributed by atoms with van der Waals surface area (Å²) in [6.45, 7) is 2.07. The zero-order chi connectivity index (χ0) is 17.1. The predicted octanol–water partition coefficient (Wildman–Crippen LogP) is 4.47. The lowest BCUT2D eigenvalue weighted by Gasteiger charge is -2.12. The first kappa shape index (κ1) is 15.9. The van der Waals surface area contributed by atoms with Gasteiger partial charge in [0.15, 0.2) is 5.69 Å². The van der Waals surface area contributed by atoms with Crippen molar-refractivity contribution in [3.05, 3.63) is 65.6 Å². The van der Waals surface area contributed by atoms with Crippen molar-refractivity contribution in [3.8, 4) is 0 Å². The summed E-state index contributed by atoms with van der Waals surface area (Å²) in [5.41, 5.74) is 3.53. The topological polar surface area (TPSA) is 51.2 Å². The summed E-state index contributed by atoms with van der Waals surface area (Å²) in [6.07, 6.45) is 0.894. The van der Waals surface area contributed by atoms with Crippen LogP contribution in [0.2, 0.25) is 0 Å². The number of fused-ring (bicyclic) bond motifs is 1. The molecule has 0 aliphatic carbocycles. The third-order valence-electron chi connectivity index (χ3n) is 3.80. The smallest absolute Gasteiger partial charge is 0.356 e. The van der Waals surface area contributed by atoms with Gasteiger partial charge in [0.2, 0.25) is 0 Å². The Morgan fingerprint density at radius 3 is 2.58 bits per heavy atom. The fourth-order valence-corrected chi connectivity index (χ4v) is 2.49. The predicted molar refractivity (Wildman–Crippen MR) is 92.1 cm³/mol. The van der Waals surface area contributed by atoms with Gasteiger partial charge < -0.3 is 10.1 Å². The van der Waals surface area contributed by atoms with Crippen molar-refractivity contribution in [2.75, 3.05) is 12.4 Å². The molecule has 0 bridgehead atoms. The fourth-order valence-electron chi connectivity index (χ4n) is 2.49. The second kappa shape index (κ2) is 6.66. The van der Waals surface area contributed by atoms with Crippen LogP contribution in [0.15, 0.2) is 48.5 Å². The number of esters is 1. The van der Waals surface area contributed by atoms with Gasteiger partial charge in [-0.3, -0.25) is 0 Å². The SMILES string of the molecule is CCc1ccc2nc(C(=O)OC)cc(Nc3ccc(F)cc3)c2c1. The largest absolute Gasteiger partial charge is 0.464 e. The van der Waals surface area contributed by atoms with Crippen LogP contribution in [0.25, 0.3) is 10.9 Å². The van der Waals surface area contributed by atoms with Gasteiger partial charge in [0.05, 0.1) is 18.3 Å². The number of carbonyl (C=O) groups excluding carboxylic acids is 1. The molecule has 5 heteroatoms. The second-order valence-electron chi connectivity index (χ2n) is 5.38. The van der Waals surface area contributed by atoms with Gasteiger partial charge in [-0.25, -0.2) is 14.2 Å². The van der Waals surface area contributed by atoms with Crippen LogP contribution in [0.5, 0.6) is 0 Å². The molecule has 0 saturated heterocycles. The molecule has 1 N–H and O–H groups in total. The Morgan fingerprint density at radius 2 is 1.92 bits per heavy atom. The van der Waals surface area contributed by atoms with E-state index in [1.54, 1.807) is 18.2 Å². The van der Waals surface area contributed by atoms with Crippen LogP contribution in [-0.4, -0.2) is 18.1 Å². The van der Waals surface area contributed by atoms with Gasteiger partial charge in [0.25, 0.3) is 0 Å². The Morgan fingerprint density at radius 1 is 1.17 bits per heavy atom. The number of hydrogen-bond acceptors (Lipinski definition) is 4. The minimum Gasteiger partial charge on any atom is -0.464 e. The number of pyridine rings is 1. The Hall–Kier alpha value is -2.95. The number of aromatic nitrogens is 1. The number of anilines is 2. The van der Waals surface area contributed by atoms with E-state index in [1.165, 1.54) is 19.2 Å². The number of halogens is 1. The first-order valence-electron chi connectivity index (χ1n) is 7.65. The lowest BCUT2D eigenvalue weighted by molar-refractivity contribution is 0.0594.